The summed E-state index contributed by atoms with van der Waals surface area (Å²) in [4.78, 5) is 28.8. The number of pyridine rings is 1. The number of hydrogen-bond acceptors (Lipinski definition) is 5. The quantitative estimate of drug-likeness (QED) is 0.610. The van der Waals surface area contributed by atoms with Crippen LogP contribution in [0.1, 0.15) is 35.5 Å². The van der Waals surface area contributed by atoms with Crippen LogP contribution in [0.2, 0.25) is 5.15 Å². The van der Waals surface area contributed by atoms with Crippen LogP contribution in [-0.2, 0) is 9.53 Å². The maximum absolute atomic E-state index is 12.4. The summed E-state index contributed by atoms with van der Waals surface area (Å²) in [7, 11) is 0. The number of ether oxygens (including phenoxy) is 2. The van der Waals surface area contributed by atoms with E-state index >= 15 is 0 Å². The third-order valence-corrected chi connectivity index (χ3v) is 3.88. The molecule has 1 heterocycles. The number of halogens is 1. The van der Waals surface area contributed by atoms with E-state index in [-0.39, 0.29) is 10.7 Å². The number of rotatable bonds is 6. The van der Waals surface area contributed by atoms with Crippen molar-refractivity contribution < 1.29 is 19.1 Å². The van der Waals surface area contributed by atoms with Gasteiger partial charge in [0.25, 0.3) is 5.91 Å². The van der Waals surface area contributed by atoms with Gasteiger partial charge in [0.2, 0.25) is 0 Å². The summed E-state index contributed by atoms with van der Waals surface area (Å²) in [5.74, 6) is -0.622. The smallest absolute Gasteiger partial charge is 0.342 e. The van der Waals surface area contributed by atoms with Gasteiger partial charge in [0, 0.05) is 5.69 Å². The maximum Gasteiger partial charge on any atom is 0.342 e. The molecule has 1 aromatic carbocycles. The molecule has 6 nitrogen and oxygen atoms in total. The molecule has 2 rings (SSSR count). The van der Waals surface area contributed by atoms with Gasteiger partial charge in [-0.25, -0.2) is 9.78 Å². The van der Waals surface area contributed by atoms with Crippen LogP contribution in [0.4, 0.5) is 5.69 Å². The zero-order chi connectivity index (χ0) is 19.3. The SMILES string of the molecule is CCOc1ccccc1NC(=O)[C@H](C)OC(=O)c1c(C)cc(C)nc1Cl. The number of aryl methyl sites for hydroxylation is 2. The molecule has 26 heavy (non-hydrogen) atoms. The third-order valence-electron chi connectivity index (χ3n) is 3.60. The van der Waals surface area contributed by atoms with E-state index in [1.165, 1.54) is 6.92 Å². The van der Waals surface area contributed by atoms with Crippen LogP contribution in [0.25, 0.3) is 0 Å². The van der Waals surface area contributed by atoms with E-state index < -0.39 is 18.0 Å². The summed E-state index contributed by atoms with van der Waals surface area (Å²) >= 11 is 6.05. The zero-order valence-corrected chi connectivity index (χ0v) is 15.9. The lowest BCUT2D eigenvalue weighted by Crippen LogP contribution is -2.30. The molecule has 1 atom stereocenters. The Hall–Kier alpha value is -2.60. The van der Waals surface area contributed by atoms with Gasteiger partial charge in [0.1, 0.15) is 10.9 Å². The Bertz CT molecular complexity index is 800. The van der Waals surface area contributed by atoms with Crippen LogP contribution in [-0.4, -0.2) is 29.6 Å². The summed E-state index contributed by atoms with van der Waals surface area (Å²) in [6.45, 7) is 7.32. The number of amides is 1. The average molecular weight is 377 g/mol. The second-order valence-corrected chi connectivity index (χ2v) is 6.07. The van der Waals surface area contributed by atoms with Crippen LogP contribution in [0.5, 0.6) is 5.75 Å². The number of carbonyl (C=O) groups is 2. The standard InChI is InChI=1S/C19H21ClN2O4/c1-5-25-15-9-7-6-8-14(15)22-18(23)13(4)26-19(24)16-11(2)10-12(3)21-17(16)20/h6-10,13H,5H2,1-4H3,(H,22,23)/t13-/m0/s1. The molecular weight excluding hydrogens is 356 g/mol. The first-order chi connectivity index (χ1) is 12.3. The lowest BCUT2D eigenvalue weighted by Gasteiger charge is -2.16. The van der Waals surface area contributed by atoms with Crippen molar-refractivity contribution in [3.63, 3.8) is 0 Å². The Labute approximate surface area is 157 Å². The van der Waals surface area contributed by atoms with E-state index in [0.29, 0.717) is 29.3 Å². The molecule has 0 spiro atoms. The van der Waals surface area contributed by atoms with Gasteiger partial charge < -0.3 is 14.8 Å². The van der Waals surface area contributed by atoms with Crippen molar-refractivity contribution in [1.82, 2.24) is 4.98 Å². The maximum atomic E-state index is 12.4. The molecule has 7 heteroatoms. The summed E-state index contributed by atoms with van der Waals surface area (Å²) in [6.07, 6.45) is -1.02. The second-order valence-electron chi connectivity index (χ2n) is 5.71. The average Bonchev–Trinajstić information content (AvgIpc) is 2.55. The minimum atomic E-state index is -1.02. The predicted molar refractivity (Wildman–Crippen MR) is 99.8 cm³/mol. The van der Waals surface area contributed by atoms with Crippen molar-refractivity contribution in [3.8, 4) is 5.75 Å². The van der Waals surface area contributed by atoms with E-state index in [1.54, 1.807) is 44.2 Å². The van der Waals surface area contributed by atoms with E-state index in [2.05, 4.69) is 10.3 Å². The molecule has 1 N–H and O–H groups in total. The largest absolute Gasteiger partial charge is 0.492 e. The topological polar surface area (TPSA) is 77.5 Å². The lowest BCUT2D eigenvalue weighted by atomic mass is 10.1. The molecule has 0 fully saturated rings. The predicted octanol–water partition coefficient (Wildman–Crippen LogP) is 3.93. The molecule has 0 aliphatic carbocycles. The van der Waals surface area contributed by atoms with Crippen molar-refractivity contribution in [2.24, 2.45) is 0 Å². The highest BCUT2D eigenvalue weighted by atomic mass is 35.5. The summed E-state index contributed by atoms with van der Waals surface area (Å²) in [5.41, 5.74) is 2.00. The van der Waals surface area contributed by atoms with E-state index in [9.17, 15) is 9.59 Å². The Balaban J connectivity index is 2.09. The van der Waals surface area contributed by atoms with Crippen molar-refractivity contribution in [2.75, 3.05) is 11.9 Å². The molecule has 2 aromatic rings. The number of hydrogen-bond donors (Lipinski definition) is 1. The first-order valence-electron chi connectivity index (χ1n) is 8.20. The van der Waals surface area contributed by atoms with Crippen molar-refractivity contribution in [2.45, 2.75) is 33.8 Å². The Morgan fingerprint density at radius 1 is 1.27 bits per heavy atom. The Kier molecular flexibility index (Phi) is 6.58. The lowest BCUT2D eigenvalue weighted by molar-refractivity contribution is -0.123. The summed E-state index contributed by atoms with van der Waals surface area (Å²) < 4.78 is 10.7. The van der Waals surface area contributed by atoms with Crippen molar-refractivity contribution in [3.05, 3.63) is 52.3 Å². The minimum Gasteiger partial charge on any atom is -0.492 e. The van der Waals surface area contributed by atoms with Crippen LogP contribution in [0.3, 0.4) is 0 Å². The number of nitrogens with one attached hydrogen (secondary N) is 1. The molecule has 138 valence electrons. The molecule has 0 bridgehead atoms. The fraction of sp³-hybridized carbons (Fsp3) is 0.316. The minimum absolute atomic E-state index is 0.0572. The molecule has 0 aliphatic rings. The Morgan fingerprint density at radius 3 is 2.62 bits per heavy atom. The molecule has 1 amide bonds. The van der Waals surface area contributed by atoms with Crippen molar-refractivity contribution >= 4 is 29.2 Å². The summed E-state index contributed by atoms with van der Waals surface area (Å²) in [6, 6.07) is 8.76. The number of nitrogens with zero attached hydrogens (tertiary/aromatic N) is 1. The third kappa shape index (κ3) is 4.73. The molecule has 0 unspecified atom stereocenters. The molecule has 0 aliphatic heterocycles. The first kappa shape index (κ1) is 19.7. The van der Waals surface area contributed by atoms with Crippen LogP contribution >= 0.6 is 11.6 Å². The number of aromatic nitrogens is 1. The molecule has 0 radical (unpaired) electrons. The van der Waals surface area contributed by atoms with Gasteiger partial charge in [0.15, 0.2) is 6.10 Å². The van der Waals surface area contributed by atoms with Gasteiger partial charge in [-0.05, 0) is 51.5 Å². The van der Waals surface area contributed by atoms with Gasteiger partial charge in [-0.2, -0.15) is 0 Å². The second kappa shape index (κ2) is 8.67. The first-order valence-corrected chi connectivity index (χ1v) is 8.58. The normalized spacial score (nSPS) is 11.6. The van der Waals surface area contributed by atoms with Gasteiger partial charge in [-0.15, -0.1) is 0 Å². The number of anilines is 1. The molecular formula is C19H21ClN2O4. The number of carbonyl (C=O) groups excluding carboxylic acids is 2. The van der Waals surface area contributed by atoms with Gasteiger partial charge in [0.05, 0.1) is 17.9 Å². The van der Waals surface area contributed by atoms with E-state index in [1.807, 2.05) is 6.92 Å². The van der Waals surface area contributed by atoms with Crippen LogP contribution < -0.4 is 10.1 Å². The highest BCUT2D eigenvalue weighted by molar-refractivity contribution is 6.32. The highest BCUT2D eigenvalue weighted by Crippen LogP contribution is 2.24. The van der Waals surface area contributed by atoms with E-state index in [4.69, 9.17) is 21.1 Å². The summed E-state index contributed by atoms with van der Waals surface area (Å²) in [5, 5.41) is 2.76. The van der Waals surface area contributed by atoms with Crippen molar-refractivity contribution in [1.29, 1.82) is 0 Å². The van der Waals surface area contributed by atoms with Gasteiger partial charge >= 0.3 is 5.97 Å². The van der Waals surface area contributed by atoms with Gasteiger partial charge in [-0.3, -0.25) is 4.79 Å². The van der Waals surface area contributed by atoms with Crippen LogP contribution in [0.15, 0.2) is 30.3 Å². The molecule has 0 saturated carbocycles. The number of esters is 1. The number of benzene rings is 1. The Morgan fingerprint density at radius 2 is 1.96 bits per heavy atom. The number of para-hydroxylation sites is 2. The monoisotopic (exact) mass is 376 g/mol. The fourth-order valence-electron chi connectivity index (χ4n) is 2.40. The zero-order valence-electron chi connectivity index (χ0n) is 15.1. The fourth-order valence-corrected chi connectivity index (χ4v) is 2.75. The molecule has 1 aromatic heterocycles. The highest BCUT2D eigenvalue weighted by Gasteiger charge is 2.23. The van der Waals surface area contributed by atoms with E-state index in [0.717, 1.165) is 0 Å². The van der Waals surface area contributed by atoms with Crippen LogP contribution in [0, 0.1) is 13.8 Å². The molecule has 0 saturated heterocycles. The van der Waals surface area contributed by atoms with Gasteiger partial charge in [-0.1, -0.05) is 23.7 Å².